The highest BCUT2D eigenvalue weighted by Gasteiger charge is 2.29. The summed E-state index contributed by atoms with van der Waals surface area (Å²) in [6.07, 6.45) is 1.00. The van der Waals surface area contributed by atoms with Crippen molar-refractivity contribution < 1.29 is 19.4 Å². The van der Waals surface area contributed by atoms with Crippen LogP contribution in [0.5, 0.6) is 5.75 Å². The maximum atomic E-state index is 12.2. The van der Waals surface area contributed by atoms with Crippen molar-refractivity contribution in [3.8, 4) is 5.75 Å². The summed E-state index contributed by atoms with van der Waals surface area (Å²) in [5, 5.41) is 11.8. The summed E-state index contributed by atoms with van der Waals surface area (Å²) < 4.78 is 5.57. The molecule has 0 spiro atoms. The van der Waals surface area contributed by atoms with E-state index in [9.17, 15) is 14.7 Å². The first-order chi connectivity index (χ1) is 9.97. The van der Waals surface area contributed by atoms with Gasteiger partial charge in [-0.25, -0.2) is 4.79 Å². The lowest BCUT2D eigenvalue weighted by Crippen LogP contribution is -2.46. The van der Waals surface area contributed by atoms with E-state index in [1.807, 2.05) is 38.1 Å². The van der Waals surface area contributed by atoms with Crippen LogP contribution in [0.2, 0.25) is 0 Å². The zero-order valence-corrected chi connectivity index (χ0v) is 12.3. The van der Waals surface area contributed by atoms with E-state index in [1.54, 1.807) is 0 Å². The summed E-state index contributed by atoms with van der Waals surface area (Å²) in [6.45, 7) is 4.15. The minimum atomic E-state index is -0.992. The highest BCUT2D eigenvalue weighted by atomic mass is 16.5. The minimum absolute atomic E-state index is 0.203. The van der Waals surface area contributed by atoms with Crippen LogP contribution in [0.4, 0.5) is 0 Å². The summed E-state index contributed by atoms with van der Waals surface area (Å²) in [5.74, 6) is -0.575. The van der Waals surface area contributed by atoms with E-state index < -0.39 is 12.0 Å². The van der Waals surface area contributed by atoms with Gasteiger partial charge in [-0.2, -0.15) is 0 Å². The molecule has 21 heavy (non-hydrogen) atoms. The van der Waals surface area contributed by atoms with Crippen LogP contribution in [0.15, 0.2) is 24.3 Å². The van der Waals surface area contributed by atoms with Crippen LogP contribution in [-0.2, 0) is 16.0 Å². The summed E-state index contributed by atoms with van der Waals surface area (Å²) in [4.78, 5) is 23.5. The molecule has 1 heterocycles. The Labute approximate surface area is 124 Å². The first kappa shape index (κ1) is 15.4. The molecule has 5 nitrogen and oxygen atoms in total. The van der Waals surface area contributed by atoms with Crippen molar-refractivity contribution in [3.63, 3.8) is 0 Å². The van der Waals surface area contributed by atoms with Crippen LogP contribution in [0.3, 0.4) is 0 Å². The van der Waals surface area contributed by atoms with Gasteiger partial charge in [-0.15, -0.1) is 0 Å². The molecule has 0 saturated carbocycles. The molecule has 114 valence electrons. The zero-order valence-electron chi connectivity index (χ0n) is 12.3. The second kappa shape index (κ2) is 6.61. The molecule has 1 aliphatic rings. The van der Waals surface area contributed by atoms with Gasteiger partial charge in [0.05, 0.1) is 5.92 Å². The van der Waals surface area contributed by atoms with Crippen molar-refractivity contribution in [2.75, 3.05) is 6.61 Å². The molecule has 0 saturated heterocycles. The van der Waals surface area contributed by atoms with Gasteiger partial charge < -0.3 is 15.2 Å². The molecule has 0 bridgehead atoms. The number of fused-ring (bicyclic) bond motifs is 1. The fourth-order valence-corrected chi connectivity index (χ4v) is 2.48. The quantitative estimate of drug-likeness (QED) is 0.868. The molecule has 0 radical (unpaired) electrons. The van der Waals surface area contributed by atoms with E-state index in [1.165, 1.54) is 0 Å². The number of hydrogen-bond donors (Lipinski definition) is 2. The number of benzene rings is 1. The summed E-state index contributed by atoms with van der Waals surface area (Å²) in [5.41, 5.74) is 0.986. The number of amides is 1. The topological polar surface area (TPSA) is 75.6 Å². The van der Waals surface area contributed by atoms with Gasteiger partial charge in [0.2, 0.25) is 5.91 Å². The van der Waals surface area contributed by atoms with Crippen LogP contribution in [0, 0.1) is 11.8 Å². The van der Waals surface area contributed by atoms with E-state index in [0.29, 0.717) is 12.8 Å². The Morgan fingerprint density at radius 2 is 2.10 bits per heavy atom. The number of rotatable bonds is 5. The molecule has 2 atom stereocenters. The molecule has 2 N–H and O–H groups in total. The van der Waals surface area contributed by atoms with Crippen molar-refractivity contribution in [1.82, 2.24) is 5.32 Å². The number of aliphatic carboxylic acids is 1. The van der Waals surface area contributed by atoms with Crippen molar-refractivity contribution in [3.05, 3.63) is 29.8 Å². The van der Waals surface area contributed by atoms with Gasteiger partial charge in [-0.1, -0.05) is 32.0 Å². The molecule has 2 rings (SSSR count). The summed E-state index contributed by atoms with van der Waals surface area (Å²) in [7, 11) is 0. The van der Waals surface area contributed by atoms with Gasteiger partial charge in [0.15, 0.2) is 0 Å². The third kappa shape index (κ3) is 3.97. The number of carboxylic acid groups (broad SMARTS) is 1. The third-order valence-electron chi connectivity index (χ3n) is 3.57. The van der Waals surface area contributed by atoms with E-state index in [2.05, 4.69) is 5.32 Å². The number of ether oxygens (including phenoxy) is 1. The Kier molecular flexibility index (Phi) is 4.83. The smallest absolute Gasteiger partial charge is 0.326 e. The third-order valence-corrected chi connectivity index (χ3v) is 3.57. The number of hydrogen-bond acceptors (Lipinski definition) is 3. The normalized spacial score (nSPS) is 18.5. The summed E-state index contributed by atoms with van der Waals surface area (Å²) in [6, 6.07) is 6.76. The molecule has 1 amide bonds. The average molecular weight is 291 g/mol. The lowest BCUT2D eigenvalue weighted by molar-refractivity contribution is -0.143. The predicted octanol–water partition coefficient (Wildman–Crippen LogP) is 1.85. The molecular formula is C16H21NO4. The predicted molar refractivity (Wildman–Crippen MR) is 78.2 cm³/mol. The Morgan fingerprint density at radius 1 is 1.38 bits per heavy atom. The van der Waals surface area contributed by atoms with Crippen LogP contribution in [0.1, 0.15) is 25.8 Å². The molecule has 1 aromatic rings. The molecule has 0 aliphatic carbocycles. The molecule has 1 unspecified atom stereocenters. The highest BCUT2D eigenvalue weighted by Crippen LogP contribution is 2.26. The zero-order chi connectivity index (χ0) is 15.4. The van der Waals surface area contributed by atoms with E-state index >= 15 is 0 Å². The fourth-order valence-electron chi connectivity index (χ4n) is 2.48. The largest absolute Gasteiger partial charge is 0.492 e. The summed E-state index contributed by atoms with van der Waals surface area (Å²) >= 11 is 0. The maximum absolute atomic E-state index is 12.2. The lowest BCUT2D eigenvalue weighted by atomic mass is 9.95. The SMILES string of the molecule is CC(C)C[C@@H](NC(=O)C1COc2ccccc2C1)C(=O)O. The Morgan fingerprint density at radius 3 is 2.76 bits per heavy atom. The molecule has 1 aromatic carbocycles. The van der Waals surface area contributed by atoms with E-state index in [4.69, 9.17) is 4.74 Å². The van der Waals surface area contributed by atoms with Crippen LogP contribution < -0.4 is 10.1 Å². The number of para-hydroxylation sites is 1. The van der Waals surface area contributed by atoms with Crippen molar-refractivity contribution in [2.45, 2.75) is 32.7 Å². The van der Waals surface area contributed by atoms with E-state index in [0.717, 1.165) is 11.3 Å². The Bertz CT molecular complexity index is 527. The molecular weight excluding hydrogens is 270 g/mol. The lowest BCUT2D eigenvalue weighted by Gasteiger charge is -2.26. The van der Waals surface area contributed by atoms with E-state index in [-0.39, 0.29) is 24.3 Å². The monoisotopic (exact) mass is 291 g/mol. The minimum Gasteiger partial charge on any atom is -0.492 e. The van der Waals surface area contributed by atoms with Gasteiger partial charge in [0.1, 0.15) is 18.4 Å². The Balaban J connectivity index is 1.99. The second-order valence-electron chi connectivity index (χ2n) is 5.85. The molecule has 0 aromatic heterocycles. The molecule has 0 fully saturated rings. The van der Waals surface area contributed by atoms with Crippen molar-refractivity contribution in [2.24, 2.45) is 11.8 Å². The Hall–Kier alpha value is -2.04. The number of carboxylic acids is 1. The number of carbonyl (C=O) groups excluding carboxylic acids is 1. The van der Waals surface area contributed by atoms with Gasteiger partial charge >= 0.3 is 5.97 Å². The van der Waals surface area contributed by atoms with Gasteiger partial charge in [0, 0.05) is 0 Å². The number of nitrogens with one attached hydrogen (secondary N) is 1. The van der Waals surface area contributed by atoms with Crippen LogP contribution in [-0.4, -0.2) is 29.6 Å². The molecule has 5 heteroatoms. The first-order valence-electron chi connectivity index (χ1n) is 7.21. The highest BCUT2D eigenvalue weighted by molar-refractivity contribution is 5.85. The van der Waals surface area contributed by atoms with Crippen LogP contribution >= 0.6 is 0 Å². The van der Waals surface area contributed by atoms with Crippen LogP contribution in [0.25, 0.3) is 0 Å². The first-order valence-corrected chi connectivity index (χ1v) is 7.21. The second-order valence-corrected chi connectivity index (χ2v) is 5.85. The van der Waals surface area contributed by atoms with Crippen molar-refractivity contribution in [1.29, 1.82) is 0 Å². The molecule has 1 aliphatic heterocycles. The van der Waals surface area contributed by atoms with Gasteiger partial charge in [-0.3, -0.25) is 4.79 Å². The average Bonchev–Trinajstić information content (AvgIpc) is 2.45. The van der Waals surface area contributed by atoms with Crippen molar-refractivity contribution >= 4 is 11.9 Å². The standard InChI is InChI=1S/C16H21NO4/c1-10(2)7-13(16(19)20)17-15(18)12-8-11-5-3-4-6-14(11)21-9-12/h3-6,10,12-13H,7-9H2,1-2H3,(H,17,18)(H,19,20)/t12?,13-/m1/s1. The fraction of sp³-hybridized carbons (Fsp3) is 0.500. The van der Waals surface area contributed by atoms with Gasteiger partial charge in [-0.05, 0) is 30.4 Å². The number of carbonyl (C=O) groups is 2. The maximum Gasteiger partial charge on any atom is 0.326 e. The van der Waals surface area contributed by atoms with Gasteiger partial charge in [0.25, 0.3) is 0 Å².